The van der Waals surface area contributed by atoms with Crippen LogP contribution in [0.2, 0.25) is 0 Å². The van der Waals surface area contributed by atoms with E-state index in [9.17, 15) is 9.65 Å². The van der Waals surface area contributed by atoms with Gasteiger partial charge in [-0.3, -0.25) is 9.47 Å². The van der Waals surface area contributed by atoms with Crippen molar-refractivity contribution < 1.29 is 8.91 Å². The molecular formula is C18H13FN8O. The number of halogens is 1. The van der Waals surface area contributed by atoms with Gasteiger partial charge in [-0.15, -0.1) is 10.2 Å². The number of rotatable bonds is 2. The number of aromatic nitrogens is 5. The second kappa shape index (κ2) is 4.95. The number of para-hydroxylation sites is 1. The molecule has 0 N–H and O–H groups in total. The van der Waals surface area contributed by atoms with Gasteiger partial charge in [-0.2, -0.15) is 14.6 Å². The van der Waals surface area contributed by atoms with Crippen LogP contribution in [0.3, 0.4) is 0 Å². The Morgan fingerprint density at radius 2 is 2.04 bits per heavy atom. The average Bonchev–Trinajstić information content (AvgIpc) is 3.11. The van der Waals surface area contributed by atoms with E-state index in [0.29, 0.717) is 34.5 Å². The molecule has 2 aromatic heterocycles. The standard InChI is InChI=1S/C18H13FN8O/c1-18(6-7-18)16-21-15(28-24-16)14-23-22-13-10-4-2-3-5-11(10)26-12(27(13)14)8-25(9-20)17(26)19/h2-5,8,17H,6-7H2,1H3. The first-order valence-electron chi connectivity index (χ1n) is 8.84. The van der Waals surface area contributed by atoms with Crippen molar-refractivity contribution in [1.82, 2.24) is 29.8 Å². The third-order valence-corrected chi connectivity index (χ3v) is 5.51. The lowest BCUT2D eigenvalue weighted by atomic mass is 10.1. The van der Waals surface area contributed by atoms with E-state index >= 15 is 0 Å². The van der Waals surface area contributed by atoms with Crippen LogP contribution in [0.25, 0.3) is 28.9 Å². The van der Waals surface area contributed by atoms with Crippen LogP contribution in [0.4, 0.5) is 10.1 Å². The fraction of sp³-hybridized carbons (Fsp3) is 0.278. The minimum absolute atomic E-state index is 0.0561. The van der Waals surface area contributed by atoms with Gasteiger partial charge in [-0.25, -0.2) is 4.90 Å². The van der Waals surface area contributed by atoms with Gasteiger partial charge in [0.1, 0.15) is 5.82 Å². The molecule has 4 heterocycles. The Kier molecular flexibility index (Phi) is 2.71. The van der Waals surface area contributed by atoms with Crippen LogP contribution < -0.4 is 4.90 Å². The maximum atomic E-state index is 15.0. The van der Waals surface area contributed by atoms with Crippen LogP contribution in [0.1, 0.15) is 25.6 Å². The number of nitrogens with zero attached hydrogens (tertiary/aromatic N) is 8. The van der Waals surface area contributed by atoms with Gasteiger partial charge < -0.3 is 4.52 Å². The van der Waals surface area contributed by atoms with Gasteiger partial charge >= 0.3 is 0 Å². The Balaban J connectivity index is 1.57. The van der Waals surface area contributed by atoms with Crippen LogP contribution in [-0.2, 0) is 5.41 Å². The molecular weight excluding hydrogens is 363 g/mol. The van der Waals surface area contributed by atoms with Crippen molar-refractivity contribution in [1.29, 1.82) is 5.26 Å². The molecule has 0 amide bonds. The van der Waals surface area contributed by atoms with Crippen LogP contribution in [-0.4, -0.2) is 36.2 Å². The van der Waals surface area contributed by atoms with Gasteiger partial charge in [0, 0.05) is 11.0 Å². The first-order valence-corrected chi connectivity index (χ1v) is 8.84. The van der Waals surface area contributed by atoms with Crippen molar-refractivity contribution in [3.63, 3.8) is 0 Å². The molecule has 3 aliphatic rings. The predicted octanol–water partition coefficient (Wildman–Crippen LogP) is 2.67. The summed E-state index contributed by atoms with van der Waals surface area (Å²) in [5, 5.41) is 21.9. The monoisotopic (exact) mass is 376 g/mol. The summed E-state index contributed by atoms with van der Waals surface area (Å²) in [6, 6.07) is 7.28. The first kappa shape index (κ1) is 15.3. The molecule has 2 aliphatic heterocycles. The van der Waals surface area contributed by atoms with Crippen molar-refractivity contribution in [3.8, 4) is 29.3 Å². The molecule has 0 radical (unpaired) electrons. The van der Waals surface area contributed by atoms with Crippen LogP contribution in [0.15, 0.2) is 35.0 Å². The zero-order valence-electron chi connectivity index (χ0n) is 14.7. The highest BCUT2D eigenvalue weighted by atomic mass is 19.1. The van der Waals surface area contributed by atoms with Crippen molar-refractivity contribution in [2.45, 2.75) is 31.6 Å². The fourth-order valence-corrected chi connectivity index (χ4v) is 3.62. The number of fused-ring (bicyclic) bond motifs is 6. The number of anilines is 1. The van der Waals surface area contributed by atoms with E-state index in [1.54, 1.807) is 10.6 Å². The molecule has 1 aliphatic carbocycles. The molecule has 28 heavy (non-hydrogen) atoms. The molecule has 0 bridgehead atoms. The Morgan fingerprint density at radius 3 is 2.82 bits per heavy atom. The van der Waals surface area contributed by atoms with E-state index in [2.05, 4.69) is 27.3 Å². The van der Waals surface area contributed by atoms with Crippen LogP contribution >= 0.6 is 0 Å². The molecule has 1 saturated carbocycles. The molecule has 6 rings (SSSR count). The molecule has 1 atom stereocenters. The number of hydrogen-bond donors (Lipinski definition) is 0. The minimum atomic E-state index is -1.66. The molecule has 1 unspecified atom stereocenters. The maximum Gasteiger partial charge on any atom is 0.296 e. The van der Waals surface area contributed by atoms with Crippen molar-refractivity contribution in [3.05, 3.63) is 36.3 Å². The zero-order chi connectivity index (χ0) is 19.0. The molecule has 0 saturated heterocycles. The van der Waals surface area contributed by atoms with Crippen molar-refractivity contribution in [2.24, 2.45) is 0 Å². The highest BCUT2D eigenvalue weighted by Gasteiger charge is 2.45. The highest BCUT2D eigenvalue weighted by molar-refractivity contribution is 5.90. The van der Waals surface area contributed by atoms with E-state index in [1.807, 2.05) is 24.4 Å². The Labute approximate surface area is 158 Å². The summed E-state index contributed by atoms with van der Waals surface area (Å²) in [5.41, 5.74) is 1.26. The number of nitriles is 1. The van der Waals surface area contributed by atoms with Crippen LogP contribution in [0.5, 0.6) is 0 Å². The number of alkyl halides is 1. The lowest BCUT2D eigenvalue weighted by Crippen LogP contribution is -2.36. The van der Waals surface area contributed by atoms with E-state index in [1.165, 1.54) is 11.1 Å². The van der Waals surface area contributed by atoms with Gasteiger partial charge in [-0.1, -0.05) is 24.2 Å². The number of hydrogen-bond acceptors (Lipinski definition) is 8. The summed E-state index contributed by atoms with van der Waals surface area (Å²) in [5.74, 6) is 2.11. The topological polar surface area (TPSA) is 99.9 Å². The summed E-state index contributed by atoms with van der Waals surface area (Å²) in [4.78, 5) is 6.87. The summed E-state index contributed by atoms with van der Waals surface area (Å²) in [6.07, 6.45) is 3.64. The van der Waals surface area contributed by atoms with Gasteiger partial charge in [0.15, 0.2) is 17.8 Å². The Bertz CT molecular complexity index is 1200. The third-order valence-electron chi connectivity index (χ3n) is 5.51. The van der Waals surface area contributed by atoms with Gasteiger partial charge in [-0.05, 0) is 25.0 Å². The smallest absolute Gasteiger partial charge is 0.296 e. The summed E-state index contributed by atoms with van der Waals surface area (Å²) < 4.78 is 22.1. The third kappa shape index (κ3) is 1.82. The predicted molar refractivity (Wildman–Crippen MR) is 94.4 cm³/mol. The van der Waals surface area contributed by atoms with Gasteiger partial charge in [0.25, 0.3) is 12.3 Å². The van der Waals surface area contributed by atoms with Crippen molar-refractivity contribution >= 4 is 11.5 Å². The van der Waals surface area contributed by atoms with E-state index in [0.717, 1.165) is 17.7 Å². The number of benzene rings is 1. The average molecular weight is 376 g/mol. The van der Waals surface area contributed by atoms with E-state index < -0.39 is 6.42 Å². The first-order chi connectivity index (χ1) is 13.6. The Hall–Kier alpha value is -3.74. The molecule has 1 aromatic carbocycles. The quantitative estimate of drug-likeness (QED) is 0.497. The summed E-state index contributed by atoms with van der Waals surface area (Å²) in [7, 11) is 0. The molecule has 1 fully saturated rings. The second-order valence-corrected chi connectivity index (χ2v) is 7.36. The van der Waals surface area contributed by atoms with Crippen LogP contribution in [0, 0.1) is 11.5 Å². The highest BCUT2D eigenvalue weighted by Crippen LogP contribution is 2.48. The molecule has 10 heteroatoms. The lowest BCUT2D eigenvalue weighted by Gasteiger charge is -2.31. The van der Waals surface area contributed by atoms with E-state index in [4.69, 9.17) is 4.52 Å². The summed E-state index contributed by atoms with van der Waals surface area (Å²) in [6.45, 7) is 2.08. The minimum Gasteiger partial charge on any atom is -0.330 e. The fourth-order valence-electron chi connectivity index (χ4n) is 3.62. The lowest BCUT2D eigenvalue weighted by molar-refractivity contribution is 0.209. The van der Waals surface area contributed by atoms with Gasteiger partial charge in [0.05, 0.1) is 11.9 Å². The largest absolute Gasteiger partial charge is 0.330 e. The molecule has 138 valence electrons. The zero-order valence-corrected chi connectivity index (χ0v) is 14.7. The van der Waals surface area contributed by atoms with Gasteiger partial charge in [0.2, 0.25) is 5.82 Å². The second-order valence-electron chi connectivity index (χ2n) is 7.36. The Morgan fingerprint density at radius 1 is 1.25 bits per heavy atom. The molecule has 9 nitrogen and oxygen atoms in total. The maximum absolute atomic E-state index is 15.0. The summed E-state index contributed by atoms with van der Waals surface area (Å²) >= 11 is 0. The molecule has 0 spiro atoms. The molecule has 3 aromatic rings. The SMILES string of the molecule is CC1(c2noc(-c3nnc4n3C3=CN(C#N)C(F)N3c3ccccc3-4)n2)CC1. The van der Waals surface area contributed by atoms with Crippen molar-refractivity contribution in [2.75, 3.05) is 4.90 Å². The van der Waals surface area contributed by atoms with E-state index in [-0.39, 0.29) is 11.3 Å². The normalized spacial score (nSPS) is 20.9.